The van der Waals surface area contributed by atoms with Crippen LogP contribution in [0.3, 0.4) is 0 Å². The topological polar surface area (TPSA) is 0 Å². The SMILES string of the molecule is C=C(C)c1ccccc1.C=C(C)c1ccccc1.C=C(C)c1ccccc1.C=C(C)c1ccccc1.[H-].[H-].[Li+].[Li+]. The first-order chi connectivity index (χ1) is 17.2. The molecule has 0 aliphatic heterocycles. The molecule has 0 fully saturated rings. The second kappa shape index (κ2) is 22.1. The van der Waals surface area contributed by atoms with Crippen molar-refractivity contribution in [3.05, 3.63) is 170 Å². The molecule has 4 rings (SSSR count). The summed E-state index contributed by atoms with van der Waals surface area (Å²) in [5.41, 5.74) is 9.36. The molecule has 0 nitrogen and oxygen atoms in total. The van der Waals surface area contributed by atoms with Crippen molar-refractivity contribution in [2.24, 2.45) is 0 Å². The van der Waals surface area contributed by atoms with E-state index in [1.54, 1.807) is 0 Å². The summed E-state index contributed by atoms with van der Waals surface area (Å²) in [5.74, 6) is 0. The fourth-order valence-corrected chi connectivity index (χ4v) is 2.89. The molecule has 0 aliphatic carbocycles. The van der Waals surface area contributed by atoms with Crippen LogP contribution < -0.4 is 37.7 Å². The van der Waals surface area contributed by atoms with Gasteiger partial charge in [-0.25, -0.2) is 0 Å². The van der Waals surface area contributed by atoms with E-state index in [1.807, 2.05) is 100 Å². The van der Waals surface area contributed by atoms with Gasteiger partial charge in [-0.15, -0.1) is 0 Å². The molecule has 4 aromatic carbocycles. The summed E-state index contributed by atoms with van der Waals surface area (Å²) in [6.07, 6.45) is 0. The molecule has 0 N–H and O–H groups in total. The van der Waals surface area contributed by atoms with E-state index in [9.17, 15) is 0 Å². The van der Waals surface area contributed by atoms with E-state index in [0.29, 0.717) is 0 Å². The molecule has 0 aliphatic rings. The Morgan fingerprint density at radius 2 is 0.474 bits per heavy atom. The van der Waals surface area contributed by atoms with Gasteiger partial charge in [0.25, 0.3) is 0 Å². The Morgan fingerprint density at radius 3 is 0.553 bits per heavy atom. The van der Waals surface area contributed by atoms with Crippen molar-refractivity contribution in [2.75, 3.05) is 0 Å². The van der Waals surface area contributed by atoms with Gasteiger partial charge in [-0.05, 0) is 49.9 Å². The Hall–Kier alpha value is -2.97. The van der Waals surface area contributed by atoms with Crippen molar-refractivity contribution in [3.8, 4) is 0 Å². The van der Waals surface area contributed by atoms with Gasteiger partial charge in [0.2, 0.25) is 0 Å². The summed E-state index contributed by atoms with van der Waals surface area (Å²) in [6.45, 7) is 23.3. The van der Waals surface area contributed by atoms with Gasteiger partial charge in [-0.2, -0.15) is 0 Å². The largest absolute Gasteiger partial charge is 1.00 e. The van der Waals surface area contributed by atoms with E-state index < -0.39 is 0 Å². The minimum Gasteiger partial charge on any atom is -1.00 e. The Bertz CT molecular complexity index is 1010. The average molecular weight is 489 g/mol. The van der Waals surface area contributed by atoms with Gasteiger partial charge >= 0.3 is 37.7 Å². The number of rotatable bonds is 4. The van der Waals surface area contributed by atoms with Crippen molar-refractivity contribution in [2.45, 2.75) is 27.7 Å². The zero-order valence-electron chi connectivity index (χ0n) is 26.4. The summed E-state index contributed by atoms with van der Waals surface area (Å²) in [7, 11) is 0. The molecule has 0 saturated carbocycles. The van der Waals surface area contributed by atoms with Crippen molar-refractivity contribution in [1.82, 2.24) is 0 Å². The van der Waals surface area contributed by atoms with Gasteiger partial charge in [-0.3, -0.25) is 0 Å². The number of allylic oxidation sites excluding steroid dienone is 4. The third-order valence-corrected chi connectivity index (χ3v) is 5.07. The van der Waals surface area contributed by atoms with Crippen LogP contribution in [-0.2, 0) is 0 Å². The fourth-order valence-electron chi connectivity index (χ4n) is 2.89. The molecule has 0 heterocycles. The summed E-state index contributed by atoms with van der Waals surface area (Å²) < 4.78 is 0. The quantitative estimate of drug-likeness (QED) is 0.350. The molecule has 2 heteroatoms. The van der Waals surface area contributed by atoms with Crippen LogP contribution in [0.4, 0.5) is 0 Å². The van der Waals surface area contributed by atoms with Gasteiger partial charge in [0, 0.05) is 0 Å². The molecule has 0 radical (unpaired) electrons. The normalized spacial score (nSPS) is 8.53. The molecule has 0 saturated heterocycles. The maximum absolute atomic E-state index is 3.83. The van der Waals surface area contributed by atoms with Crippen LogP contribution in [0, 0.1) is 0 Å². The number of benzene rings is 4. The molecule has 0 amide bonds. The van der Waals surface area contributed by atoms with Crippen molar-refractivity contribution in [3.63, 3.8) is 0 Å². The summed E-state index contributed by atoms with van der Waals surface area (Å²) >= 11 is 0. The van der Waals surface area contributed by atoms with Gasteiger partial charge in [-0.1, -0.05) is 170 Å². The van der Waals surface area contributed by atoms with Crippen LogP contribution in [0.5, 0.6) is 0 Å². The van der Waals surface area contributed by atoms with Crippen molar-refractivity contribution >= 4 is 22.3 Å². The summed E-state index contributed by atoms with van der Waals surface area (Å²) in [5, 5.41) is 0. The minimum absolute atomic E-state index is 0. The molecular formula is C36H42Li2. The first-order valence-electron chi connectivity index (χ1n) is 12.1. The first-order valence-corrected chi connectivity index (χ1v) is 12.1. The van der Waals surface area contributed by atoms with Gasteiger partial charge < -0.3 is 2.85 Å². The van der Waals surface area contributed by atoms with Crippen molar-refractivity contribution in [1.29, 1.82) is 0 Å². The van der Waals surface area contributed by atoms with Gasteiger partial charge in [0.15, 0.2) is 0 Å². The number of hydrogen-bond donors (Lipinski definition) is 0. The molecule has 0 unspecified atom stereocenters. The monoisotopic (exact) mass is 488 g/mol. The van der Waals surface area contributed by atoms with E-state index in [0.717, 1.165) is 22.3 Å². The minimum atomic E-state index is 0. The van der Waals surface area contributed by atoms with Crippen LogP contribution in [0.1, 0.15) is 52.8 Å². The average Bonchev–Trinajstić information content (AvgIpc) is 2.92. The Morgan fingerprint density at radius 1 is 0.342 bits per heavy atom. The van der Waals surface area contributed by atoms with E-state index in [-0.39, 0.29) is 40.6 Å². The van der Waals surface area contributed by atoms with Crippen LogP contribution >= 0.6 is 0 Å². The summed E-state index contributed by atoms with van der Waals surface area (Å²) in [6, 6.07) is 40.6. The summed E-state index contributed by atoms with van der Waals surface area (Å²) in [4.78, 5) is 0. The molecule has 38 heavy (non-hydrogen) atoms. The molecule has 0 bridgehead atoms. The number of hydrogen-bond acceptors (Lipinski definition) is 0. The van der Waals surface area contributed by atoms with Gasteiger partial charge in [0.1, 0.15) is 0 Å². The second-order valence-electron chi connectivity index (χ2n) is 8.59. The van der Waals surface area contributed by atoms with E-state index >= 15 is 0 Å². The third kappa shape index (κ3) is 16.7. The van der Waals surface area contributed by atoms with Crippen LogP contribution in [0.15, 0.2) is 148 Å². The molecule has 0 aromatic heterocycles. The standard InChI is InChI=1S/4C9H10.2Li.2H/c4*1-8(2)9-6-4-3-5-7-9;;;;/h4*3-7H,1H2,2H3;;;;/q;;;;2*+1;2*-1. The van der Waals surface area contributed by atoms with E-state index in [2.05, 4.69) is 74.8 Å². The van der Waals surface area contributed by atoms with E-state index in [1.165, 1.54) is 22.3 Å². The fraction of sp³-hybridized carbons (Fsp3) is 0.111. The molecule has 0 atom stereocenters. The molecule has 4 aromatic rings. The first kappa shape index (κ1) is 37.2. The third-order valence-electron chi connectivity index (χ3n) is 5.07. The second-order valence-corrected chi connectivity index (χ2v) is 8.59. The zero-order chi connectivity index (χ0) is 26.8. The van der Waals surface area contributed by atoms with E-state index in [4.69, 9.17) is 0 Å². The Kier molecular flexibility index (Phi) is 21.6. The maximum atomic E-state index is 3.83. The predicted molar refractivity (Wildman–Crippen MR) is 167 cm³/mol. The predicted octanol–water partition coefficient (Wildman–Crippen LogP) is 5.11. The van der Waals surface area contributed by atoms with Crippen molar-refractivity contribution < 1.29 is 40.6 Å². The molecular weight excluding hydrogens is 446 g/mol. The maximum Gasteiger partial charge on any atom is 1.00 e. The van der Waals surface area contributed by atoms with Crippen LogP contribution in [0.2, 0.25) is 0 Å². The van der Waals surface area contributed by atoms with Gasteiger partial charge in [0.05, 0.1) is 0 Å². The zero-order valence-corrected chi connectivity index (χ0v) is 24.4. The molecule has 188 valence electrons. The smallest absolute Gasteiger partial charge is 1.00 e. The van der Waals surface area contributed by atoms with Crippen LogP contribution in [-0.4, -0.2) is 0 Å². The Balaban J connectivity index is -0.000000209. The molecule has 0 spiro atoms. The Labute approximate surface area is 259 Å². The van der Waals surface area contributed by atoms with Crippen LogP contribution in [0.25, 0.3) is 22.3 Å².